The van der Waals surface area contributed by atoms with Gasteiger partial charge in [0.1, 0.15) is 10.6 Å². The molecular weight excluding hydrogens is 412 g/mol. The van der Waals surface area contributed by atoms with Crippen molar-refractivity contribution >= 4 is 50.6 Å². The second-order valence-electron chi connectivity index (χ2n) is 4.99. The van der Waals surface area contributed by atoms with Crippen LogP contribution in [0.3, 0.4) is 0 Å². The van der Waals surface area contributed by atoms with Crippen molar-refractivity contribution in [3.05, 3.63) is 57.2 Å². The number of hydrazone groups is 1. The van der Waals surface area contributed by atoms with Crippen LogP contribution in [-0.4, -0.2) is 24.3 Å². The van der Waals surface area contributed by atoms with E-state index in [-0.39, 0.29) is 22.3 Å². The fourth-order valence-corrected chi connectivity index (χ4v) is 2.78. The van der Waals surface area contributed by atoms with Gasteiger partial charge >= 0.3 is 5.91 Å². The standard InChI is InChI=1S/C17H12BrClN2O4/c1-24-12-7-10(14(18)15(19)16(12)22)8-20-21-17(23)13-6-9-4-2-3-5-11(9)25-13/h2-8,22H,1H3,(H,21,23)/b20-8+. The fraction of sp³-hybridized carbons (Fsp3) is 0.0588. The van der Waals surface area contributed by atoms with Gasteiger partial charge in [-0.15, -0.1) is 0 Å². The molecule has 0 aliphatic heterocycles. The number of phenols is 1. The molecule has 1 heterocycles. The number of phenolic OH excluding ortho intramolecular Hbond substituents is 1. The van der Waals surface area contributed by atoms with Crippen molar-refractivity contribution in [2.24, 2.45) is 5.10 Å². The number of hydrogen-bond donors (Lipinski definition) is 2. The van der Waals surface area contributed by atoms with Crippen LogP contribution in [0.1, 0.15) is 16.1 Å². The second-order valence-corrected chi connectivity index (χ2v) is 6.16. The Hall–Kier alpha value is -2.51. The number of ether oxygens (including phenoxy) is 1. The number of nitrogens with zero attached hydrogens (tertiary/aromatic N) is 1. The van der Waals surface area contributed by atoms with Crippen molar-refractivity contribution in [2.45, 2.75) is 0 Å². The van der Waals surface area contributed by atoms with Crippen LogP contribution in [0.15, 0.2) is 50.4 Å². The number of para-hydroxylation sites is 1. The lowest BCUT2D eigenvalue weighted by Gasteiger charge is -2.08. The maximum absolute atomic E-state index is 12.1. The maximum Gasteiger partial charge on any atom is 0.307 e. The normalized spacial score (nSPS) is 11.2. The molecule has 0 spiro atoms. The number of hydrogen-bond acceptors (Lipinski definition) is 5. The van der Waals surface area contributed by atoms with Crippen LogP contribution in [0.2, 0.25) is 5.02 Å². The summed E-state index contributed by atoms with van der Waals surface area (Å²) < 4.78 is 10.9. The quantitative estimate of drug-likeness (QED) is 0.483. The zero-order chi connectivity index (χ0) is 18.0. The van der Waals surface area contributed by atoms with E-state index >= 15 is 0 Å². The van der Waals surface area contributed by atoms with E-state index in [0.717, 1.165) is 5.39 Å². The minimum atomic E-state index is -0.486. The van der Waals surface area contributed by atoms with E-state index in [4.69, 9.17) is 20.8 Å². The summed E-state index contributed by atoms with van der Waals surface area (Å²) in [5.74, 6) is -0.322. The monoisotopic (exact) mass is 422 g/mol. The van der Waals surface area contributed by atoms with E-state index in [1.807, 2.05) is 18.2 Å². The Morgan fingerprint density at radius 3 is 2.88 bits per heavy atom. The molecule has 3 aromatic rings. The number of aromatic hydroxyl groups is 1. The van der Waals surface area contributed by atoms with Gasteiger partial charge in [-0.2, -0.15) is 5.10 Å². The number of nitrogens with one attached hydrogen (secondary N) is 1. The first-order valence-electron chi connectivity index (χ1n) is 7.08. The average molecular weight is 424 g/mol. The van der Waals surface area contributed by atoms with Crippen molar-refractivity contribution < 1.29 is 19.1 Å². The highest BCUT2D eigenvalue weighted by Crippen LogP contribution is 2.40. The zero-order valence-electron chi connectivity index (χ0n) is 12.9. The van der Waals surface area contributed by atoms with Gasteiger partial charge in [0, 0.05) is 15.4 Å². The number of furan rings is 1. The molecule has 6 nitrogen and oxygen atoms in total. The Morgan fingerprint density at radius 2 is 2.16 bits per heavy atom. The number of carbonyl (C=O) groups excluding carboxylic acids is 1. The molecule has 0 unspecified atom stereocenters. The predicted molar refractivity (Wildman–Crippen MR) is 98.6 cm³/mol. The van der Waals surface area contributed by atoms with Crippen molar-refractivity contribution in [3.63, 3.8) is 0 Å². The van der Waals surface area contributed by atoms with Gasteiger partial charge in [0.05, 0.1) is 13.3 Å². The first-order valence-corrected chi connectivity index (χ1v) is 8.25. The highest BCUT2D eigenvalue weighted by atomic mass is 79.9. The van der Waals surface area contributed by atoms with Gasteiger partial charge in [0.2, 0.25) is 0 Å². The molecule has 0 aliphatic rings. The minimum absolute atomic E-state index is 0.0874. The largest absolute Gasteiger partial charge is 0.503 e. The zero-order valence-corrected chi connectivity index (χ0v) is 15.3. The number of benzene rings is 2. The minimum Gasteiger partial charge on any atom is -0.503 e. The van der Waals surface area contributed by atoms with Gasteiger partial charge in [0.15, 0.2) is 17.3 Å². The first-order chi connectivity index (χ1) is 12.0. The summed E-state index contributed by atoms with van der Waals surface area (Å²) >= 11 is 9.27. The highest BCUT2D eigenvalue weighted by Gasteiger charge is 2.15. The van der Waals surface area contributed by atoms with Crippen LogP contribution in [0.4, 0.5) is 0 Å². The molecule has 2 aromatic carbocycles. The Balaban J connectivity index is 1.79. The molecule has 0 aliphatic carbocycles. The van der Waals surface area contributed by atoms with Gasteiger partial charge in [-0.1, -0.05) is 29.8 Å². The summed E-state index contributed by atoms with van der Waals surface area (Å²) in [4.78, 5) is 12.1. The molecule has 8 heteroatoms. The third kappa shape index (κ3) is 3.47. The first kappa shape index (κ1) is 17.3. The van der Waals surface area contributed by atoms with E-state index in [2.05, 4.69) is 26.5 Å². The summed E-state index contributed by atoms with van der Waals surface area (Å²) in [5, 5.41) is 14.6. The molecule has 0 saturated heterocycles. The number of fused-ring (bicyclic) bond motifs is 1. The number of halogens is 2. The van der Waals surface area contributed by atoms with Crippen molar-refractivity contribution in [1.29, 1.82) is 0 Å². The van der Waals surface area contributed by atoms with Crippen LogP contribution in [0.5, 0.6) is 11.5 Å². The van der Waals surface area contributed by atoms with Crippen molar-refractivity contribution in [1.82, 2.24) is 5.43 Å². The molecule has 25 heavy (non-hydrogen) atoms. The number of amides is 1. The molecule has 0 saturated carbocycles. The molecule has 2 N–H and O–H groups in total. The predicted octanol–water partition coefficient (Wildman–Crippen LogP) is 4.33. The Kier molecular flexibility index (Phi) is 4.96. The second kappa shape index (κ2) is 7.16. The molecule has 1 aromatic heterocycles. The summed E-state index contributed by atoms with van der Waals surface area (Å²) in [7, 11) is 1.41. The van der Waals surface area contributed by atoms with Crippen LogP contribution < -0.4 is 10.2 Å². The van der Waals surface area contributed by atoms with Crippen LogP contribution in [0, 0.1) is 0 Å². The summed E-state index contributed by atoms with van der Waals surface area (Å²) in [6.07, 6.45) is 1.37. The summed E-state index contributed by atoms with van der Waals surface area (Å²) in [5.41, 5.74) is 3.51. The summed E-state index contributed by atoms with van der Waals surface area (Å²) in [6, 6.07) is 10.5. The van der Waals surface area contributed by atoms with E-state index < -0.39 is 5.91 Å². The molecule has 128 valence electrons. The van der Waals surface area contributed by atoms with E-state index in [1.165, 1.54) is 19.4 Å². The third-order valence-electron chi connectivity index (χ3n) is 3.41. The Labute approximate surface area is 156 Å². The van der Waals surface area contributed by atoms with Gasteiger partial charge in [-0.25, -0.2) is 5.43 Å². The summed E-state index contributed by atoms with van der Waals surface area (Å²) in [6.45, 7) is 0. The molecule has 0 fully saturated rings. The van der Waals surface area contributed by atoms with Gasteiger partial charge in [0.25, 0.3) is 0 Å². The number of carbonyl (C=O) groups is 1. The lowest BCUT2D eigenvalue weighted by atomic mass is 10.2. The number of methoxy groups -OCH3 is 1. The molecular formula is C17H12BrClN2O4. The Morgan fingerprint density at radius 1 is 1.40 bits per heavy atom. The Bertz CT molecular complexity index is 951. The molecule has 1 amide bonds. The SMILES string of the molecule is COc1cc(/C=N/NC(=O)c2cc3ccccc3o2)c(Br)c(Cl)c1O. The lowest BCUT2D eigenvalue weighted by molar-refractivity contribution is 0.0929. The number of rotatable bonds is 4. The fourth-order valence-electron chi connectivity index (χ4n) is 2.17. The molecule has 0 atom stereocenters. The van der Waals surface area contributed by atoms with Gasteiger partial charge in [-0.3, -0.25) is 4.79 Å². The van der Waals surface area contributed by atoms with Crippen LogP contribution >= 0.6 is 27.5 Å². The van der Waals surface area contributed by atoms with Crippen molar-refractivity contribution in [3.8, 4) is 11.5 Å². The topological polar surface area (TPSA) is 84.1 Å². The maximum atomic E-state index is 12.1. The highest BCUT2D eigenvalue weighted by molar-refractivity contribution is 9.10. The van der Waals surface area contributed by atoms with E-state index in [0.29, 0.717) is 15.6 Å². The lowest BCUT2D eigenvalue weighted by Crippen LogP contribution is -2.16. The van der Waals surface area contributed by atoms with Crippen LogP contribution in [-0.2, 0) is 0 Å². The van der Waals surface area contributed by atoms with Crippen LogP contribution in [0.25, 0.3) is 11.0 Å². The molecule has 3 rings (SSSR count). The van der Waals surface area contributed by atoms with Gasteiger partial charge < -0.3 is 14.3 Å². The molecule has 0 bridgehead atoms. The van der Waals surface area contributed by atoms with E-state index in [9.17, 15) is 9.90 Å². The van der Waals surface area contributed by atoms with Gasteiger partial charge in [-0.05, 0) is 34.1 Å². The molecule has 0 radical (unpaired) electrons. The smallest absolute Gasteiger partial charge is 0.307 e. The third-order valence-corrected chi connectivity index (χ3v) is 4.86. The average Bonchev–Trinajstić information content (AvgIpc) is 3.06. The van der Waals surface area contributed by atoms with E-state index in [1.54, 1.807) is 12.1 Å². The van der Waals surface area contributed by atoms with Crippen molar-refractivity contribution in [2.75, 3.05) is 7.11 Å².